The minimum absolute atomic E-state index is 0.0858. The van der Waals surface area contributed by atoms with Crippen molar-refractivity contribution >= 4 is 28.9 Å². The predicted molar refractivity (Wildman–Crippen MR) is 133 cm³/mol. The van der Waals surface area contributed by atoms with Crippen LogP contribution in [0.15, 0.2) is 24.4 Å². The quantitative estimate of drug-likeness (QED) is 0.496. The average Bonchev–Trinajstić information content (AvgIpc) is 3.22. The van der Waals surface area contributed by atoms with E-state index in [1.54, 1.807) is 11.8 Å². The Balaban J connectivity index is 1.98. The topological polar surface area (TPSA) is 115 Å². The number of imidazole rings is 1. The van der Waals surface area contributed by atoms with Crippen LogP contribution in [0.25, 0.3) is 5.57 Å². The normalized spacial score (nSPS) is 16.6. The van der Waals surface area contributed by atoms with Crippen LogP contribution in [0, 0.1) is 16.7 Å². The Morgan fingerprint density at radius 2 is 2.18 bits per heavy atom. The largest absolute Gasteiger partial charge is 0.390 e. The predicted octanol–water partition coefficient (Wildman–Crippen LogP) is 5.13. The fourth-order valence-electron chi connectivity index (χ4n) is 4.07. The second-order valence-corrected chi connectivity index (χ2v) is 11.0. The van der Waals surface area contributed by atoms with Crippen molar-refractivity contribution in [3.8, 4) is 6.07 Å². The van der Waals surface area contributed by atoms with Gasteiger partial charge in [0, 0.05) is 17.4 Å². The molecule has 0 unspecified atom stereocenters. The molecule has 0 aromatic carbocycles. The van der Waals surface area contributed by atoms with Gasteiger partial charge in [0.1, 0.15) is 11.8 Å². The molecule has 176 valence electrons. The molecule has 0 spiro atoms. The van der Waals surface area contributed by atoms with E-state index in [9.17, 15) is 9.90 Å². The molecular formula is C25H33N5O2S. The Kier molecular flexibility index (Phi) is 7.65. The van der Waals surface area contributed by atoms with Crippen molar-refractivity contribution in [1.29, 1.82) is 5.26 Å². The number of carbonyl (C=O) groups is 1. The molecule has 3 rings (SSSR count). The zero-order chi connectivity index (χ0) is 24.2. The number of amides is 1. The highest BCUT2D eigenvalue weighted by molar-refractivity contribution is 7.98. The summed E-state index contributed by atoms with van der Waals surface area (Å²) in [5.41, 5.74) is 3.10. The SMILES string of the molecule is CSC[C@@H](CC(C)(C)O)c1ccc(NC(=O)c2ncc(C#N)[nH]2)c(C2=CCC(C)(C)CC2)n1. The number of anilines is 1. The van der Waals surface area contributed by atoms with Crippen LogP contribution < -0.4 is 5.32 Å². The number of hydrogen-bond acceptors (Lipinski definition) is 6. The number of allylic oxidation sites excluding steroid dienone is 2. The van der Waals surface area contributed by atoms with Crippen molar-refractivity contribution in [1.82, 2.24) is 15.0 Å². The molecule has 2 aromatic heterocycles. The van der Waals surface area contributed by atoms with Crippen LogP contribution in [0.4, 0.5) is 5.69 Å². The van der Waals surface area contributed by atoms with Crippen LogP contribution in [-0.2, 0) is 0 Å². The molecule has 2 heterocycles. The summed E-state index contributed by atoms with van der Waals surface area (Å²) in [6, 6.07) is 5.77. The van der Waals surface area contributed by atoms with E-state index in [2.05, 4.69) is 41.5 Å². The maximum atomic E-state index is 12.8. The van der Waals surface area contributed by atoms with E-state index in [-0.39, 0.29) is 22.9 Å². The molecule has 0 aliphatic heterocycles. The Morgan fingerprint density at radius 3 is 2.76 bits per heavy atom. The molecular weight excluding hydrogens is 434 g/mol. The van der Waals surface area contributed by atoms with Gasteiger partial charge in [-0.15, -0.1) is 0 Å². The number of nitriles is 1. The molecule has 0 saturated heterocycles. The number of pyridine rings is 1. The lowest BCUT2D eigenvalue weighted by Crippen LogP contribution is -2.24. The first-order valence-corrected chi connectivity index (χ1v) is 12.6. The first-order valence-electron chi connectivity index (χ1n) is 11.2. The highest BCUT2D eigenvalue weighted by atomic mass is 32.2. The molecule has 7 nitrogen and oxygen atoms in total. The van der Waals surface area contributed by atoms with Crippen molar-refractivity contribution in [2.24, 2.45) is 5.41 Å². The maximum absolute atomic E-state index is 12.8. The highest BCUT2D eigenvalue weighted by Gasteiger charge is 2.27. The van der Waals surface area contributed by atoms with Gasteiger partial charge in [0.2, 0.25) is 0 Å². The molecule has 33 heavy (non-hydrogen) atoms. The van der Waals surface area contributed by atoms with Gasteiger partial charge in [0.15, 0.2) is 5.82 Å². The van der Waals surface area contributed by atoms with Gasteiger partial charge in [0.25, 0.3) is 5.91 Å². The van der Waals surface area contributed by atoms with Crippen LogP contribution in [-0.4, -0.2) is 43.6 Å². The summed E-state index contributed by atoms with van der Waals surface area (Å²) in [4.78, 5) is 24.5. The summed E-state index contributed by atoms with van der Waals surface area (Å²) < 4.78 is 0. The molecule has 1 aliphatic carbocycles. The van der Waals surface area contributed by atoms with Gasteiger partial charge in [-0.05, 0) is 68.9 Å². The lowest BCUT2D eigenvalue weighted by Gasteiger charge is -2.29. The average molecular weight is 468 g/mol. The van der Waals surface area contributed by atoms with Gasteiger partial charge < -0.3 is 15.4 Å². The summed E-state index contributed by atoms with van der Waals surface area (Å²) in [6.07, 6.45) is 9.09. The second kappa shape index (κ2) is 10.1. The molecule has 3 N–H and O–H groups in total. The third-order valence-electron chi connectivity index (χ3n) is 5.88. The van der Waals surface area contributed by atoms with Crippen molar-refractivity contribution < 1.29 is 9.90 Å². The zero-order valence-electron chi connectivity index (χ0n) is 20.0. The van der Waals surface area contributed by atoms with E-state index in [4.69, 9.17) is 10.2 Å². The monoisotopic (exact) mass is 467 g/mol. The number of nitrogens with one attached hydrogen (secondary N) is 2. The summed E-state index contributed by atoms with van der Waals surface area (Å²) in [7, 11) is 0. The van der Waals surface area contributed by atoms with Gasteiger partial charge >= 0.3 is 0 Å². The summed E-state index contributed by atoms with van der Waals surface area (Å²) >= 11 is 1.73. The molecule has 1 amide bonds. The van der Waals surface area contributed by atoms with Crippen molar-refractivity contribution in [2.45, 2.75) is 64.9 Å². The third-order valence-corrected chi connectivity index (χ3v) is 6.62. The number of rotatable bonds is 8. The number of aromatic nitrogens is 3. The van der Waals surface area contributed by atoms with Crippen LogP contribution in [0.2, 0.25) is 0 Å². The van der Waals surface area contributed by atoms with Crippen LogP contribution >= 0.6 is 11.8 Å². The molecule has 0 radical (unpaired) electrons. The summed E-state index contributed by atoms with van der Waals surface area (Å²) in [6.45, 7) is 8.16. The van der Waals surface area contributed by atoms with Crippen molar-refractivity contribution in [3.63, 3.8) is 0 Å². The van der Waals surface area contributed by atoms with Gasteiger partial charge in [0.05, 0.1) is 23.2 Å². The fourth-order valence-corrected chi connectivity index (χ4v) is 4.76. The second-order valence-electron chi connectivity index (χ2n) is 10.1. The number of hydrogen-bond donors (Lipinski definition) is 3. The standard InChI is InChI=1S/C25H33N5O2S/c1-24(2)10-8-16(9-11-24)21-20(30-23(31)22-27-14-18(13-26)28-22)7-6-19(29-21)17(15-33-5)12-25(3,4)32/h6-8,14,17,32H,9-12,15H2,1-5H3,(H,27,28)(H,30,31)/t17-/m1/s1. The number of aliphatic hydroxyl groups is 1. The van der Waals surface area contributed by atoms with Gasteiger partial charge in [-0.1, -0.05) is 19.9 Å². The lowest BCUT2D eigenvalue weighted by atomic mass is 9.77. The molecule has 2 aromatic rings. The molecule has 0 saturated carbocycles. The number of H-pyrrole nitrogens is 1. The summed E-state index contributed by atoms with van der Waals surface area (Å²) in [5.74, 6) is 0.605. The van der Waals surface area contributed by atoms with Crippen LogP contribution in [0.3, 0.4) is 0 Å². The van der Waals surface area contributed by atoms with E-state index in [0.717, 1.165) is 42.0 Å². The maximum Gasteiger partial charge on any atom is 0.291 e. The third kappa shape index (κ3) is 6.68. The van der Waals surface area contributed by atoms with E-state index in [1.165, 1.54) is 6.20 Å². The Morgan fingerprint density at radius 1 is 1.42 bits per heavy atom. The minimum Gasteiger partial charge on any atom is -0.390 e. The summed E-state index contributed by atoms with van der Waals surface area (Å²) in [5, 5.41) is 22.4. The van der Waals surface area contributed by atoms with Crippen LogP contribution in [0.1, 0.15) is 87.0 Å². The smallest absolute Gasteiger partial charge is 0.291 e. The Bertz CT molecular complexity index is 1080. The lowest BCUT2D eigenvalue weighted by molar-refractivity contribution is 0.0647. The first-order chi connectivity index (χ1) is 15.5. The van der Waals surface area contributed by atoms with E-state index < -0.39 is 11.5 Å². The van der Waals surface area contributed by atoms with Gasteiger partial charge in [-0.25, -0.2) is 4.98 Å². The first kappa shape index (κ1) is 25.0. The number of aromatic amines is 1. The van der Waals surface area contributed by atoms with Gasteiger partial charge in [-0.3, -0.25) is 9.78 Å². The minimum atomic E-state index is -0.805. The van der Waals surface area contributed by atoms with Crippen LogP contribution in [0.5, 0.6) is 0 Å². The van der Waals surface area contributed by atoms with E-state index in [0.29, 0.717) is 12.1 Å². The van der Waals surface area contributed by atoms with Crippen molar-refractivity contribution in [3.05, 3.63) is 47.3 Å². The molecule has 0 fully saturated rings. The Hall–Kier alpha value is -2.63. The Labute approximate surface area is 200 Å². The highest BCUT2D eigenvalue weighted by Crippen LogP contribution is 2.40. The van der Waals surface area contributed by atoms with Crippen molar-refractivity contribution in [2.75, 3.05) is 17.3 Å². The number of carbonyl (C=O) groups excluding carboxylic acids is 1. The van der Waals surface area contributed by atoms with E-state index >= 15 is 0 Å². The number of thioether (sulfide) groups is 1. The van der Waals surface area contributed by atoms with Gasteiger partial charge in [-0.2, -0.15) is 17.0 Å². The fraction of sp³-hybridized carbons (Fsp3) is 0.520. The molecule has 8 heteroatoms. The number of nitrogens with zero attached hydrogens (tertiary/aromatic N) is 3. The molecule has 1 aliphatic rings. The molecule has 0 bridgehead atoms. The van der Waals surface area contributed by atoms with E-state index in [1.807, 2.05) is 32.0 Å². The molecule has 1 atom stereocenters. The zero-order valence-corrected chi connectivity index (χ0v) is 20.8.